The van der Waals surface area contributed by atoms with Crippen LogP contribution in [0.15, 0.2) is 18.2 Å². The minimum atomic E-state index is -0.528. The standard InChI is InChI=1S/C16H24F2N2/c1-2-3-12-4-6-20(7-5-12)16(11-19)13-8-14(17)10-15(18)9-13/h8-10,12,16H,2-7,11,19H2,1H3. The quantitative estimate of drug-likeness (QED) is 0.896. The first-order valence-electron chi connectivity index (χ1n) is 7.54. The van der Waals surface area contributed by atoms with Gasteiger partial charge in [-0.15, -0.1) is 0 Å². The van der Waals surface area contributed by atoms with Crippen molar-refractivity contribution in [1.82, 2.24) is 4.90 Å². The third kappa shape index (κ3) is 3.76. The zero-order chi connectivity index (χ0) is 14.5. The molecule has 1 unspecified atom stereocenters. The van der Waals surface area contributed by atoms with Crippen LogP contribution in [-0.4, -0.2) is 24.5 Å². The predicted octanol–water partition coefficient (Wildman–Crippen LogP) is 3.48. The Morgan fingerprint density at radius 3 is 2.30 bits per heavy atom. The smallest absolute Gasteiger partial charge is 0.126 e. The van der Waals surface area contributed by atoms with E-state index >= 15 is 0 Å². The van der Waals surface area contributed by atoms with E-state index in [1.165, 1.54) is 25.0 Å². The van der Waals surface area contributed by atoms with Gasteiger partial charge in [-0.2, -0.15) is 0 Å². The summed E-state index contributed by atoms with van der Waals surface area (Å²) in [6.45, 7) is 4.53. The Labute approximate surface area is 120 Å². The average Bonchev–Trinajstić information content (AvgIpc) is 2.41. The minimum absolute atomic E-state index is 0.0808. The Hall–Kier alpha value is -1.00. The molecule has 1 atom stereocenters. The summed E-state index contributed by atoms with van der Waals surface area (Å²) in [7, 11) is 0. The molecule has 1 aliphatic rings. The van der Waals surface area contributed by atoms with Crippen LogP contribution in [0.1, 0.15) is 44.2 Å². The molecule has 0 aromatic heterocycles. The maximum absolute atomic E-state index is 13.4. The second-order valence-electron chi connectivity index (χ2n) is 5.72. The van der Waals surface area contributed by atoms with E-state index in [1.54, 1.807) is 0 Å². The molecule has 1 aromatic rings. The van der Waals surface area contributed by atoms with E-state index < -0.39 is 11.6 Å². The van der Waals surface area contributed by atoms with Gasteiger partial charge in [-0.3, -0.25) is 4.90 Å². The zero-order valence-electron chi connectivity index (χ0n) is 12.1. The van der Waals surface area contributed by atoms with Gasteiger partial charge >= 0.3 is 0 Å². The highest BCUT2D eigenvalue weighted by Gasteiger charge is 2.25. The number of benzene rings is 1. The molecule has 1 saturated heterocycles. The molecule has 0 amide bonds. The van der Waals surface area contributed by atoms with E-state index in [0.29, 0.717) is 12.1 Å². The SMILES string of the molecule is CCCC1CCN(C(CN)c2cc(F)cc(F)c2)CC1. The molecule has 1 heterocycles. The lowest BCUT2D eigenvalue weighted by molar-refractivity contribution is 0.131. The van der Waals surface area contributed by atoms with Gasteiger partial charge < -0.3 is 5.73 Å². The molecule has 1 fully saturated rings. The van der Waals surface area contributed by atoms with Crippen molar-refractivity contribution in [2.24, 2.45) is 11.7 Å². The summed E-state index contributed by atoms with van der Waals surface area (Å²) in [5.74, 6) is -0.266. The number of likely N-dealkylation sites (tertiary alicyclic amines) is 1. The summed E-state index contributed by atoms with van der Waals surface area (Å²) in [6, 6.07) is 3.63. The van der Waals surface area contributed by atoms with Gasteiger partial charge in [0.05, 0.1) is 0 Å². The number of nitrogens with zero attached hydrogens (tertiary/aromatic N) is 1. The number of piperidine rings is 1. The molecule has 1 aliphatic heterocycles. The van der Waals surface area contributed by atoms with E-state index in [1.807, 2.05) is 0 Å². The number of rotatable bonds is 5. The molecule has 0 aliphatic carbocycles. The van der Waals surface area contributed by atoms with E-state index in [4.69, 9.17) is 5.73 Å². The molecule has 2 rings (SSSR count). The molecule has 112 valence electrons. The fourth-order valence-electron chi connectivity index (χ4n) is 3.23. The van der Waals surface area contributed by atoms with Crippen LogP contribution in [0.4, 0.5) is 8.78 Å². The van der Waals surface area contributed by atoms with E-state index in [2.05, 4.69) is 11.8 Å². The maximum Gasteiger partial charge on any atom is 0.126 e. The molecule has 0 bridgehead atoms. The van der Waals surface area contributed by atoms with Crippen molar-refractivity contribution in [1.29, 1.82) is 0 Å². The molecule has 0 radical (unpaired) electrons. The Morgan fingerprint density at radius 2 is 1.80 bits per heavy atom. The van der Waals surface area contributed by atoms with Crippen LogP contribution >= 0.6 is 0 Å². The molecular formula is C16H24F2N2. The third-order valence-electron chi connectivity index (χ3n) is 4.28. The topological polar surface area (TPSA) is 29.3 Å². The van der Waals surface area contributed by atoms with Crippen LogP contribution in [0.5, 0.6) is 0 Å². The summed E-state index contributed by atoms with van der Waals surface area (Å²) in [4.78, 5) is 2.26. The van der Waals surface area contributed by atoms with Crippen molar-refractivity contribution in [2.45, 2.75) is 38.6 Å². The second kappa shape index (κ2) is 7.14. The largest absolute Gasteiger partial charge is 0.329 e. The van der Waals surface area contributed by atoms with Crippen molar-refractivity contribution < 1.29 is 8.78 Å². The Bertz CT molecular complexity index is 408. The van der Waals surface area contributed by atoms with E-state index in [-0.39, 0.29) is 6.04 Å². The number of hydrogen-bond donors (Lipinski definition) is 1. The number of nitrogens with two attached hydrogens (primary N) is 1. The summed E-state index contributed by atoms with van der Waals surface area (Å²) in [6.07, 6.45) is 4.81. The van der Waals surface area contributed by atoms with Crippen molar-refractivity contribution in [2.75, 3.05) is 19.6 Å². The van der Waals surface area contributed by atoms with Gasteiger partial charge in [0.2, 0.25) is 0 Å². The van der Waals surface area contributed by atoms with Crippen molar-refractivity contribution >= 4 is 0 Å². The molecule has 2 nitrogen and oxygen atoms in total. The molecule has 2 N–H and O–H groups in total. The summed E-state index contributed by atoms with van der Waals surface area (Å²) in [5.41, 5.74) is 6.49. The minimum Gasteiger partial charge on any atom is -0.329 e. The van der Waals surface area contributed by atoms with Gasteiger partial charge in [-0.25, -0.2) is 8.78 Å². The fourth-order valence-corrected chi connectivity index (χ4v) is 3.23. The van der Waals surface area contributed by atoms with Gasteiger partial charge in [-0.05, 0) is 49.5 Å². The fraction of sp³-hybridized carbons (Fsp3) is 0.625. The average molecular weight is 282 g/mol. The Balaban J connectivity index is 2.05. The first-order valence-corrected chi connectivity index (χ1v) is 7.54. The molecule has 20 heavy (non-hydrogen) atoms. The Morgan fingerprint density at radius 1 is 1.20 bits per heavy atom. The molecule has 0 spiro atoms. The van der Waals surface area contributed by atoms with Gasteiger partial charge in [0, 0.05) is 18.7 Å². The normalized spacial score (nSPS) is 19.2. The molecular weight excluding hydrogens is 258 g/mol. The van der Waals surface area contributed by atoms with Gasteiger partial charge in [0.25, 0.3) is 0 Å². The Kier molecular flexibility index (Phi) is 5.49. The third-order valence-corrected chi connectivity index (χ3v) is 4.28. The highest BCUT2D eigenvalue weighted by Crippen LogP contribution is 2.29. The highest BCUT2D eigenvalue weighted by molar-refractivity contribution is 5.22. The maximum atomic E-state index is 13.4. The predicted molar refractivity (Wildman–Crippen MR) is 77.4 cm³/mol. The molecule has 4 heteroatoms. The molecule has 1 aromatic carbocycles. The van der Waals surface area contributed by atoms with E-state index in [0.717, 1.165) is 37.9 Å². The number of hydrogen-bond acceptors (Lipinski definition) is 2. The lowest BCUT2D eigenvalue weighted by atomic mass is 9.91. The highest BCUT2D eigenvalue weighted by atomic mass is 19.1. The monoisotopic (exact) mass is 282 g/mol. The summed E-state index contributed by atoms with van der Waals surface area (Å²) < 4.78 is 26.7. The number of halogens is 2. The van der Waals surface area contributed by atoms with Crippen molar-refractivity contribution in [3.8, 4) is 0 Å². The first-order chi connectivity index (χ1) is 9.63. The van der Waals surface area contributed by atoms with Crippen molar-refractivity contribution in [3.63, 3.8) is 0 Å². The van der Waals surface area contributed by atoms with Crippen LogP contribution in [0.3, 0.4) is 0 Å². The van der Waals surface area contributed by atoms with Crippen LogP contribution in [0, 0.1) is 17.6 Å². The summed E-state index contributed by atoms with van der Waals surface area (Å²) in [5, 5.41) is 0. The van der Waals surface area contributed by atoms with Crippen molar-refractivity contribution in [3.05, 3.63) is 35.4 Å². The van der Waals surface area contributed by atoms with Crippen LogP contribution in [0.25, 0.3) is 0 Å². The lowest BCUT2D eigenvalue weighted by Crippen LogP contribution is -2.39. The lowest BCUT2D eigenvalue weighted by Gasteiger charge is -2.37. The second-order valence-corrected chi connectivity index (χ2v) is 5.72. The van der Waals surface area contributed by atoms with Crippen LogP contribution in [0.2, 0.25) is 0 Å². The van der Waals surface area contributed by atoms with Crippen LogP contribution in [-0.2, 0) is 0 Å². The van der Waals surface area contributed by atoms with Crippen LogP contribution < -0.4 is 5.73 Å². The van der Waals surface area contributed by atoms with Gasteiger partial charge in [0.1, 0.15) is 11.6 Å². The first kappa shape index (κ1) is 15.4. The zero-order valence-corrected chi connectivity index (χ0v) is 12.1. The summed E-state index contributed by atoms with van der Waals surface area (Å²) >= 11 is 0. The van der Waals surface area contributed by atoms with E-state index in [9.17, 15) is 8.78 Å². The molecule has 0 saturated carbocycles. The van der Waals surface area contributed by atoms with Gasteiger partial charge in [-0.1, -0.05) is 19.8 Å². The van der Waals surface area contributed by atoms with Gasteiger partial charge in [0.15, 0.2) is 0 Å².